The first kappa shape index (κ1) is 25.4. The zero-order chi connectivity index (χ0) is 21.2. The summed E-state index contributed by atoms with van der Waals surface area (Å²) >= 11 is 0. The van der Waals surface area contributed by atoms with Crippen molar-refractivity contribution < 1.29 is 9.59 Å². The van der Waals surface area contributed by atoms with Crippen LogP contribution < -0.4 is 16.0 Å². The number of carbonyl (C=O) groups is 2. The molecule has 2 amide bonds. The Morgan fingerprint density at radius 2 is 1.90 bits per heavy atom. The van der Waals surface area contributed by atoms with Gasteiger partial charge in [0.15, 0.2) is 5.96 Å². The van der Waals surface area contributed by atoms with E-state index in [0.717, 1.165) is 24.0 Å². The van der Waals surface area contributed by atoms with Crippen LogP contribution in [-0.2, 0) is 11.3 Å². The summed E-state index contributed by atoms with van der Waals surface area (Å²) in [6.07, 6.45) is 9.50. The molecular formula is C23H36IN5O2. The highest BCUT2D eigenvalue weighted by atomic mass is 127. The molecule has 1 aromatic rings. The van der Waals surface area contributed by atoms with Crippen molar-refractivity contribution >= 4 is 41.8 Å². The van der Waals surface area contributed by atoms with E-state index in [9.17, 15) is 9.59 Å². The number of amides is 2. The lowest BCUT2D eigenvalue weighted by atomic mass is 9.86. The lowest BCUT2D eigenvalue weighted by Gasteiger charge is -2.26. The zero-order valence-corrected chi connectivity index (χ0v) is 20.8. The molecule has 2 aliphatic rings. The van der Waals surface area contributed by atoms with Crippen LogP contribution in [0.4, 0.5) is 0 Å². The van der Waals surface area contributed by atoms with Gasteiger partial charge in [-0.1, -0.05) is 44.2 Å². The molecule has 0 atom stereocenters. The molecule has 1 saturated carbocycles. The minimum absolute atomic E-state index is 0. The molecule has 172 valence electrons. The monoisotopic (exact) mass is 541 g/mol. The van der Waals surface area contributed by atoms with Crippen molar-refractivity contribution in [3.05, 3.63) is 35.4 Å². The Balaban J connectivity index is 0.00000341. The predicted octanol–water partition coefficient (Wildman–Crippen LogP) is 2.90. The maximum Gasteiger partial charge on any atom is 0.254 e. The summed E-state index contributed by atoms with van der Waals surface area (Å²) in [5.74, 6) is 1.52. The summed E-state index contributed by atoms with van der Waals surface area (Å²) < 4.78 is 0. The molecule has 0 aromatic heterocycles. The highest BCUT2D eigenvalue weighted by Gasteiger charge is 2.22. The topological polar surface area (TPSA) is 85.8 Å². The first-order chi connectivity index (χ1) is 14.7. The molecule has 3 rings (SSSR count). The van der Waals surface area contributed by atoms with Crippen LogP contribution in [0, 0.1) is 5.92 Å². The Morgan fingerprint density at radius 1 is 1.16 bits per heavy atom. The fraction of sp³-hybridized carbons (Fsp3) is 0.609. The van der Waals surface area contributed by atoms with Crippen LogP contribution in [-0.4, -0.2) is 55.9 Å². The van der Waals surface area contributed by atoms with E-state index in [1.54, 1.807) is 11.9 Å². The Morgan fingerprint density at radius 3 is 2.58 bits per heavy atom. The third kappa shape index (κ3) is 8.31. The molecule has 7 nitrogen and oxygen atoms in total. The number of benzene rings is 1. The lowest BCUT2D eigenvalue weighted by Crippen LogP contribution is -2.49. The zero-order valence-electron chi connectivity index (χ0n) is 18.5. The van der Waals surface area contributed by atoms with Crippen molar-refractivity contribution in [2.75, 3.05) is 33.2 Å². The van der Waals surface area contributed by atoms with Crippen molar-refractivity contribution in [1.29, 1.82) is 0 Å². The van der Waals surface area contributed by atoms with Crippen molar-refractivity contribution in [3.8, 4) is 0 Å². The number of piperazine rings is 1. The van der Waals surface area contributed by atoms with E-state index in [-0.39, 0.29) is 42.3 Å². The van der Waals surface area contributed by atoms with Gasteiger partial charge >= 0.3 is 0 Å². The molecule has 8 heteroatoms. The fourth-order valence-corrected chi connectivity index (χ4v) is 4.24. The quantitative estimate of drug-likeness (QED) is 0.215. The Kier molecular flexibility index (Phi) is 11.1. The van der Waals surface area contributed by atoms with Crippen LogP contribution in [0.2, 0.25) is 0 Å². The minimum Gasteiger partial charge on any atom is -0.356 e. The number of carbonyl (C=O) groups excluding carboxylic acids is 2. The van der Waals surface area contributed by atoms with Gasteiger partial charge < -0.3 is 20.9 Å². The van der Waals surface area contributed by atoms with E-state index < -0.39 is 0 Å². The standard InChI is InChI=1S/C23H35N5O2.HI/c1-24-23(26-13-5-8-18-6-3-2-4-7-18)27-16-19-9-11-20(12-10-19)22(30)28-15-14-25-21(29)17-28;/h9-12,18H,2-8,13-17H2,1H3,(H,25,29)(H2,24,26,27);1H. The molecule has 0 spiro atoms. The molecule has 0 unspecified atom stereocenters. The van der Waals surface area contributed by atoms with Crippen LogP contribution >= 0.6 is 24.0 Å². The third-order valence-corrected chi connectivity index (χ3v) is 6.02. The van der Waals surface area contributed by atoms with Gasteiger partial charge in [-0.25, -0.2) is 0 Å². The Bertz CT molecular complexity index is 732. The molecule has 0 radical (unpaired) electrons. The van der Waals surface area contributed by atoms with Gasteiger partial charge in [-0.05, 0) is 36.5 Å². The van der Waals surface area contributed by atoms with Crippen molar-refractivity contribution in [1.82, 2.24) is 20.9 Å². The molecule has 1 aliphatic heterocycles. The first-order valence-corrected chi connectivity index (χ1v) is 11.2. The maximum atomic E-state index is 12.5. The summed E-state index contributed by atoms with van der Waals surface area (Å²) in [7, 11) is 1.78. The average Bonchev–Trinajstić information content (AvgIpc) is 2.79. The summed E-state index contributed by atoms with van der Waals surface area (Å²) in [6.45, 7) is 2.77. The van der Waals surface area contributed by atoms with Gasteiger partial charge in [0, 0.05) is 38.8 Å². The second-order valence-corrected chi connectivity index (χ2v) is 8.27. The minimum atomic E-state index is -0.104. The Labute approximate surface area is 202 Å². The first-order valence-electron chi connectivity index (χ1n) is 11.2. The smallest absolute Gasteiger partial charge is 0.254 e. The van der Waals surface area contributed by atoms with E-state index >= 15 is 0 Å². The van der Waals surface area contributed by atoms with Crippen molar-refractivity contribution in [2.45, 2.75) is 51.5 Å². The number of halogens is 1. The summed E-state index contributed by atoms with van der Waals surface area (Å²) in [6, 6.07) is 7.54. The van der Waals surface area contributed by atoms with Crippen LogP contribution in [0.3, 0.4) is 0 Å². The Hall–Kier alpha value is -1.84. The molecular weight excluding hydrogens is 505 g/mol. The van der Waals surface area contributed by atoms with E-state index in [1.807, 2.05) is 24.3 Å². The molecule has 2 fully saturated rings. The number of nitrogens with one attached hydrogen (secondary N) is 3. The number of nitrogens with zero attached hydrogens (tertiary/aromatic N) is 2. The number of hydrogen-bond donors (Lipinski definition) is 3. The second-order valence-electron chi connectivity index (χ2n) is 8.27. The van der Waals surface area contributed by atoms with Crippen molar-refractivity contribution in [3.63, 3.8) is 0 Å². The predicted molar refractivity (Wildman–Crippen MR) is 135 cm³/mol. The van der Waals surface area contributed by atoms with Gasteiger partial charge in [-0.2, -0.15) is 0 Å². The van der Waals surface area contributed by atoms with Gasteiger partial charge in [0.2, 0.25) is 5.91 Å². The highest BCUT2D eigenvalue weighted by Crippen LogP contribution is 2.26. The summed E-state index contributed by atoms with van der Waals surface area (Å²) in [4.78, 5) is 29.9. The SMILES string of the molecule is CN=C(NCCCC1CCCCC1)NCc1ccc(C(=O)N2CCNC(=O)C2)cc1.I. The molecule has 0 bridgehead atoms. The normalized spacial score (nSPS) is 17.5. The summed E-state index contributed by atoms with van der Waals surface area (Å²) in [5, 5.41) is 9.47. The van der Waals surface area contributed by atoms with Gasteiger partial charge in [0.1, 0.15) is 0 Å². The molecule has 1 heterocycles. The number of hydrogen-bond acceptors (Lipinski definition) is 3. The number of guanidine groups is 1. The molecule has 1 saturated heterocycles. The van der Waals surface area contributed by atoms with E-state index in [0.29, 0.717) is 25.2 Å². The van der Waals surface area contributed by atoms with E-state index in [4.69, 9.17) is 0 Å². The molecule has 3 N–H and O–H groups in total. The number of aliphatic imine (C=N–C) groups is 1. The lowest BCUT2D eigenvalue weighted by molar-refractivity contribution is -0.123. The van der Waals surface area contributed by atoms with Gasteiger partial charge in [0.05, 0.1) is 6.54 Å². The third-order valence-electron chi connectivity index (χ3n) is 6.02. The molecule has 1 aromatic carbocycles. The van der Waals surface area contributed by atoms with Gasteiger partial charge in [0.25, 0.3) is 5.91 Å². The second kappa shape index (κ2) is 13.5. The maximum absolute atomic E-state index is 12.5. The molecule has 31 heavy (non-hydrogen) atoms. The molecule has 1 aliphatic carbocycles. The van der Waals surface area contributed by atoms with E-state index in [1.165, 1.54) is 44.9 Å². The van der Waals surface area contributed by atoms with E-state index in [2.05, 4.69) is 20.9 Å². The van der Waals surface area contributed by atoms with Gasteiger partial charge in [-0.3, -0.25) is 14.6 Å². The average molecular weight is 541 g/mol. The van der Waals surface area contributed by atoms with Crippen molar-refractivity contribution in [2.24, 2.45) is 10.9 Å². The summed E-state index contributed by atoms with van der Waals surface area (Å²) in [5.41, 5.74) is 1.69. The van der Waals surface area contributed by atoms with Crippen LogP contribution in [0.25, 0.3) is 0 Å². The van der Waals surface area contributed by atoms with Crippen LogP contribution in [0.1, 0.15) is 60.9 Å². The highest BCUT2D eigenvalue weighted by molar-refractivity contribution is 14.0. The fourth-order valence-electron chi connectivity index (χ4n) is 4.24. The largest absolute Gasteiger partial charge is 0.356 e. The number of rotatable bonds is 7. The van der Waals surface area contributed by atoms with Gasteiger partial charge in [-0.15, -0.1) is 24.0 Å². The van der Waals surface area contributed by atoms with Crippen LogP contribution in [0.5, 0.6) is 0 Å². The van der Waals surface area contributed by atoms with Crippen LogP contribution in [0.15, 0.2) is 29.3 Å².